The van der Waals surface area contributed by atoms with Crippen molar-refractivity contribution in [2.75, 3.05) is 0 Å². The number of hydrogen-bond donors (Lipinski definition) is 0. The molecule has 1 aliphatic carbocycles. The van der Waals surface area contributed by atoms with Crippen LogP contribution in [0.3, 0.4) is 0 Å². The summed E-state index contributed by atoms with van der Waals surface area (Å²) >= 11 is 6.09. The molecule has 12 heavy (non-hydrogen) atoms. The molecule has 0 saturated carbocycles. The van der Waals surface area contributed by atoms with Crippen LogP contribution >= 0.6 is 11.6 Å². The maximum atomic E-state index is 6.09. The van der Waals surface area contributed by atoms with Crippen LogP contribution in [0.25, 0.3) is 0 Å². The van der Waals surface area contributed by atoms with E-state index < -0.39 is 0 Å². The second-order valence-corrected chi connectivity index (χ2v) is 3.43. The van der Waals surface area contributed by atoms with Gasteiger partial charge in [0.25, 0.3) is 0 Å². The summed E-state index contributed by atoms with van der Waals surface area (Å²) in [5, 5.41) is 0.943. The lowest BCUT2D eigenvalue weighted by molar-refractivity contribution is 0.861. The predicted molar refractivity (Wildman–Crippen MR) is 55.3 cm³/mol. The average Bonchev–Trinajstić information content (AvgIpc) is 2.09. The second-order valence-electron chi connectivity index (χ2n) is 3.02. The highest BCUT2D eigenvalue weighted by atomic mass is 35.5. The molecule has 0 saturated heterocycles. The van der Waals surface area contributed by atoms with Crippen LogP contribution in [0.5, 0.6) is 0 Å². The fraction of sp³-hybridized carbons (Fsp3) is 0.455. The Bertz CT molecular complexity index is 233. The Balaban J connectivity index is 2.88. The van der Waals surface area contributed by atoms with Gasteiger partial charge in [0.15, 0.2) is 0 Å². The molecular formula is C11H15Cl. The van der Waals surface area contributed by atoms with E-state index in [1.54, 1.807) is 0 Å². The monoisotopic (exact) mass is 182 g/mol. The van der Waals surface area contributed by atoms with Crippen LogP contribution in [0.4, 0.5) is 0 Å². The highest BCUT2D eigenvalue weighted by Gasteiger charge is 2.11. The lowest BCUT2D eigenvalue weighted by Gasteiger charge is -2.16. The van der Waals surface area contributed by atoms with Crippen LogP contribution in [0.1, 0.15) is 32.6 Å². The van der Waals surface area contributed by atoms with E-state index in [2.05, 4.69) is 19.6 Å². The van der Waals surface area contributed by atoms with Gasteiger partial charge in [-0.1, -0.05) is 36.2 Å². The fourth-order valence-electron chi connectivity index (χ4n) is 1.59. The first-order chi connectivity index (χ1) is 5.79. The van der Waals surface area contributed by atoms with Crippen molar-refractivity contribution in [3.63, 3.8) is 0 Å². The number of allylic oxidation sites excluding steroid dienone is 5. The number of rotatable bonds is 3. The Hall–Kier alpha value is -0.490. The van der Waals surface area contributed by atoms with Gasteiger partial charge in [-0.3, -0.25) is 0 Å². The molecule has 0 fully saturated rings. The molecule has 1 aliphatic rings. The minimum Gasteiger partial charge on any atom is -0.103 e. The summed E-state index contributed by atoms with van der Waals surface area (Å²) in [5.41, 5.74) is 2.81. The average molecular weight is 183 g/mol. The first-order valence-corrected chi connectivity index (χ1v) is 4.85. The summed E-state index contributed by atoms with van der Waals surface area (Å²) in [7, 11) is 0. The molecule has 0 N–H and O–H groups in total. The summed E-state index contributed by atoms with van der Waals surface area (Å²) in [6, 6.07) is 0. The van der Waals surface area contributed by atoms with Crippen molar-refractivity contribution in [2.24, 2.45) is 0 Å². The quantitative estimate of drug-likeness (QED) is 0.575. The second kappa shape index (κ2) is 4.51. The van der Waals surface area contributed by atoms with E-state index >= 15 is 0 Å². The van der Waals surface area contributed by atoms with Gasteiger partial charge in [0, 0.05) is 5.03 Å². The third-order valence-electron chi connectivity index (χ3n) is 2.26. The van der Waals surface area contributed by atoms with Gasteiger partial charge in [0.2, 0.25) is 0 Å². The fourth-order valence-corrected chi connectivity index (χ4v) is 1.91. The summed E-state index contributed by atoms with van der Waals surface area (Å²) in [4.78, 5) is 0. The standard InChI is InChI=1S/C11H15Cl/c1-3-6-10-9(4-2)7-5-8-11(10)12/h3,8H,1,4-7H2,2H3. The van der Waals surface area contributed by atoms with Crippen molar-refractivity contribution < 1.29 is 0 Å². The molecule has 0 atom stereocenters. The van der Waals surface area contributed by atoms with Crippen molar-refractivity contribution in [1.82, 2.24) is 0 Å². The van der Waals surface area contributed by atoms with Gasteiger partial charge in [-0.2, -0.15) is 0 Å². The van der Waals surface area contributed by atoms with Gasteiger partial charge in [0.05, 0.1) is 0 Å². The van der Waals surface area contributed by atoms with Crippen molar-refractivity contribution in [3.8, 4) is 0 Å². The van der Waals surface area contributed by atoms with Crippen LogP contribution in [-0.2, 0) is 0 Å². The van der Waals surface area contributed by atoms with E-state index in [0.29, 0.717) is 0 Å². The van der Waals surface area contributed by atoms with Crippen molar-refractivity contribution in [3.05, 3.63) is 34.9 Å². The molecule has 0 nitrogen and oxygen atoms in total. The predicted octanol–water partition coefficient (Wildman–Crippen LogP) is 4.19. The molecule has 0 aromatic heterocycles. The van der Waals surface area contributed by atoms with Crippen LogP contribution in [0, 0.1) is 0 Å². The van der Waals surface area contributed by atoms with E-state index in [-0.39, 0.29) is 0 Å². The smallest absolute Gasteiger partial charge is 0.0400 e. The summed E-state index contributed by atoms with van der Waals surface area (Å²) < 4.78 is 0. The third-order valence-corrected chi connectivity index (χ3v) is 2.64. The zero-order chi connectivity index (χ0) is 8.97. The molecule has 0 spiro atoms. The zero-order valence-corrected chi connectivity index (χ0v) is 8.32. The number of hydrogen-bond acceptors (Lipinski definition) is 0. The van der Waals surface area contributed by atoms with Crippen LogP contribution in [0.2, 0.25) is 0 Å². The highest BCUT2D eigenvalue weighted by Crippen LogP contribution is 2.31. The molecule has 1 heteroatoms. The van der Waals surface area contributed by atoms with Gasteiger partial charge < -0.3 is 0 Å². The number of halogens is 1. The van der Waals surface area contributed by atoms with E-state index in [1.165, 1.54) is 17.6 Å². The van der Waals surface area contributed by atoms with Gasteiger partial charge in [-0.15, -0.1) is 6.58 Å². The van der Waals surface area contributed by atoms with E-state index in [1.807, 2.05) is 6.08 Å². The van der Waals surface area contributed by atoms with E-state index in [4.69, 9.17) is 11.6 Å². The minimum atomic E-state index is 0.915. The minimum absolute atomic E-state index is 0.915. The topological polar surface area (TPSA) is 0 Å². The Kier molecular flexibility index (Phi) is 3.61. The van der Waals surface area contributed by atoms with Crippen molar-refractivity contribution >= 4 is 11.6 Å². The summed E-state index contributed by atoms with van der Waals surface area (Å²) in [5.74, 6) is 0. The molecule has 0 aromatic carbocycles. The lowest BCUT2D eigenvalue weighted by atomic mass is 9.93. The van der Waals surface area contributed by atoms with E-state index in [9.17, 15) is 0 Å². The first kappa shape index (κ1) is 9.60. The highest BCUT2D eigenvalue weighted by molar-refractivity contribution is 6.32. The molecule has 0 bridgehead atoms. The van der Waals surface area contributed by atoms with Gasteiger partial charge in [0.1, 0.15) is 0 Å². The molecule has 0 unspecified atom stereocenters. The SMILES string of the molecule is C=CCC1=C(CC)CCC=C1Cl. The zero-order valence-electron chi connectivity index (χ0n) is 7.57. The third kappa shape index (κ3) is 2.01. The first-order valence-electron chi connectivity index (χ1n) is 4.47. The van der Waals surface area contributed by atoms with Crippen molar-refractivity contribution in [1.29, 1.82) is 0 Å². The van der Waals surface area contributed by atoms with Gasteiger partial charge in [-0.05, 0) is 31.3 Å². The van der Waals surface area contributed by atoms with Crippen LogP contribution in [0.15, 0.2) is 34.9 Å². The molecule has 66 valence electrons. The Morgan fingerprint density at radius 2 is 2.42 bits per heavy atom. The molecule has 0 aliphatic heterocycles. The maximum Gasteiger partial charge on any atom is 0.0400 e. The van der Waals surface area contributed by atoms with Crippen molar-refractivity contribution in [2.45, 2.75) is 32.6 Å². The van der Waals surface area contributed by atoms with Gasteiger partial charge >= 0.3 is 0 Å². The normalized spacial score (nSPS) is 17.7. The Labute approximate surface area is 79.6 Å². The van der Waals surface area contributed by atoms with Gasteiger partial charge in [-0.25, -0.2) is 0 Å². The molecule has 0 heterocycles. The van der Waals surface area contributed by atoms with Crippen LogP contribution in [-0.4, -0.2) is 0 Å². The Morgan fingerprint density at radius 1 is 1.67 bits per heavy atom. The molecular weight excluding hydrogens is 168 g/mol. The summed E-state index contributed by atoms with van der Waals surface area (Å²) in [6.45, 7) is 5.93. The molecule has 0 aromatic rings. The summed E-state index contributed by atoms with van der Waals surface area (Å²) in [6.07, 6.45) is 8.34. The largest absolute Gasteiger partial charge is 0.103 e. The maximum absolute atomic E-state index is 6.09. The lowest BCUT2D eigenvalue weighted by Crippen LogP contribution is -1.96. The molecule has 1 rings (SSSR count). The Morgan fingerprint density at radius 3 is 3.00 bits per heavy atom. The van der Waals surface area contributed by atoms with E-state index in [0.717, 1.165) is 24.3 Å². The van der Waals surface area contributed by atoms with Crippen LogP contribution < -0.4 is 0 Å². The molecule has 0 radical (unpaired) electrons. The molecule has 0 amide bonds.